The average molecular weight is 636 g/mol. The highest BCUT2D eigenvalue weighted by Crippen LogP contribution is 2.50. The van der Waals surface area contributed by atoms with Gasteiger partial charge in [0.15, 0.2) is 0 Å². The smallest absolute Gasteiger partial charge is 0.123 e. The Bertz CT molecular complexity index is 1930. The Morgan fingerprint density at radius 2 is 1.57 bits per heavy atom. The van der Waals surface area contributed by atoms with E-state index in [1.807, 2.05) is 38.5 Å². The zero-order chi connectivity index (χ0) is 31.2. The molecule has 1 heterocycles. The van der Waals surface area contributed by atoms with E-state index in [4.69, 9.17) is 16.3 Å². The van der Waals surface area contributed by atoms with Crippen LogP contribution in [-0.2, 0) is 6.42 Å². The molecule has 3 N–H and O–H groups in total. The number of fused-ring (bicyclic) bond motifs is 4. The molecule has 0 bridgehead atoms. The fourth-order valence-electron chi connectivity index (χ4n) is 7.78. The van der Waals surface area contributed by atoms with Crippen LogP contribution < -0.4 is 15.4 Å². The second-order valence-electron chi connectivity index (χ2n) is 12.5. The second-order valence-corrected chi connectivity index (χ2v) is 12.9. The number of allylic oxidation sites excluding steroid dienone is 2. The number of hydrogen-bond acceptors (Lipinski definition) is 3. The number of H-pyrrole nitrogens is 1. The molecule has 0 saturated heterocycles. The highest BCUT2D eigenvalue weighted by atomic mass is 35.5. The van der Waals surface area contributed by atoms with Crippen LogP contribution in [0.5, 0.6) is 5.75 Å². The molecule has 0 saturated carbocycles. The van der Waals surface area contributed by atoms with Crippen molar-refractivity contribution in [3.63, 3.8) is 0 Å². The minimum atomic E-state index is -0.180. The molecule has 4 unspecified atom stereocenters. The van der Waals surface area contributed by atoms with E-state index in [1.165, 1.54) is 56.1 Å². The Hall–Kier alpha value is -3.90. The molecular weight excluding hydrogens is 593 g/mol. The van der Waals surface area contributed by atoms with Crippen molar-refractivity contribution in [2.45, 2.75) is 57.5 Å². The van der Waals surface area contributed by atoms with Crippen molar-refractivity contribution < 1.29 is 9.13 Å². The molecule has 0 aliphatic heterocycles. The molecule has 3 aliphatic carbocycles. The SMILES string of the molecule is C.CNC1CC(C2=CCc3ccc(OC)cc32)c2ccc(Cl)cc21.CNC1CC(c2c[nH]c3ccc(F)cc23)c2cc(C)ccc21. The molecule has 46 heavy (non-hydrogen) atoms. The summed E-state index contributed by atoms with van der Waals surface area (Å²) in [5.74, 6) is 1.48. The van der Waals surface area contributed by atoms with E-state index in [1.54, 1.807) is 13.2 Å². The summed E-state index contributed by atoms with van der Waals surface area (Å²) in [6.07, 6.45) is 7.52. The monoisotopic (exact) mass is 635 g/mol. The van der Waals surface area contributed by atoms with Crippen molar-refractivity contribution >= 4 is 28.1 Å². The van der Waals surface area contributed by atoms with Gasteiger partial charge in [0.25, 0.3) is 0 Å². The van der Waals surface area contributed by atoms with Crippen molar-refractivity contribution in [3.8, 4) is 5.75 Å². The highest BCUT2D eigenvalue weighted by Gasteiger charge is 2.35. The lowest BCUT2D eigenvalue weighted by Crippen LogP contribution is -2.13. The Kier molecular flexibility index (Phi) is 9.11. The van der Waals surface area contributed by atoms with Gasteiger partial charge in [-0.2, -0.15) is 0 Å². The first-order chi connectivity index (χ1) is 21.9. The number of rotatable bonds is 5. The number of aromatic amines is 1. The van der Waals surface area contributed by atoms with Crippen LogP contribution in [0.3, 0.4) is 0 Å². The van der Waals surface area contributed by atoms with Gasteiger partial charge in [-0.15, -0.1) is 0 Å². The van der Waals surface area contributed by atoms with Crippen LogP contribution in [0, 0.1) is 12.7 Å². The lowest BCUT2D eigenvalue weighted by molar-refractivity contribution is 0.414. The van der Waals surface area contributed by atoms with Gasteiger partial charge in [0.1, 0.15) is 11.6 Å². The number of methoxy groups -OCH3 is 1. The number of hydrogen-bond donors (Lipinski definition) is 3. The topological polar surface area (TPSA) is 49.1 Å². The first-order valence-corrected chi connectivity index (χ1v) is 16.1. The molecule has 0 amide bonds. The zero-order valence-corrected chi connectivity index (χ0v) is 26.9. The third-order valence-corrected chi connectivity index (χ3v) is 10.3. The second kappa shape index (κ2) is 13.1. The fourth-order valence-corrected chi connectivity index (χ4v) is 7.97. The third-order valence-electron chi connectivity index (χ3n) is 10.0. The van der Waals surface area contributed by atoms with Crippen LogP contribution >= 0.6 is 11.6 Å². The van der Waals surface area contributed by atoms with E-state index in [0.717, 1.165) is 40.9 Å². The number of ether oxygens (including phenoxy) is 1. The molecule has 4 nitrogen and oxygen atoms in total. The Balaban J connectivity index is 0.000000158. The fraction of sp³-hybridized carbons (Fsp3) is 0.300. The minimum Gasteiger partial charge on any atom is -0.497 e. The first-order valence-electron chi connectivity index (χ1n) is 15.8. The number of halogens is 2. The predicted molar refractivity (Wildman–Crippen MR) is 190 cm³/mol. The van der Waals surface area contributed by atoms with Crippen molar-refractivity contribution in [2.24, 2.45) is 0 Å². The summed E-state index contributed by atoms with van der Waals surface area (Å²) in [7, 11) is 5.76. The molecule has 1 aromatic heterocycles. The maximum Gasteiger partial charge on any atom is 0.123 e. The number of aromatic nitrogens is 1. The van der Waals surface area contributed by atoms with Crippen LogP contribution in [0.15, 0.2) is 85.1 Å². The van der Waals surface area contributed by atoms with Gasteiger partial charge in [-0.05, 0) is 127 Å². The van der Waals surface area contributed by atoms with Gasteiger partial charge in [-0.25, -0.2) is 4.39 Å². The predicted octanol–water partition coefficient (Wildman–Crippen LogP) is 9.78. The summed E-state index contributed by atoms with van der Waals surface area (Å²) >= 11 is 6.21. The largest absolute Gasteiger partial charge is 0.497 e. The lowest BCUT2D eigenvalue weighted by Gasteiger charge is -2.16. The van der Waals surface area contributed by atoms with E-state index < -0.39 is 0 Å². The van der Waals surface area contributed by atoms with Crippen LogP contribution in [0.4, 0.5) is 4.39 Å². The van der Waals surface area contributed by atoms with Gasteiger partial charge < -0.3 is 20.4 Å². The molecule has 6 heteroatoms. The molecule has 8 rings (SSSR count). The molecule has 3 aliphatic rings. The first kappa shape index (κ1) is 32.1. The van der Waals surface area contributed by atoms with E-state index in [9.17, 15) is 4.39 Å². The molecule has 0 fully saturated rings. The summed E-state index contributed by atoms with van der Waals surface area (Å²) in [4.78, 5) is 3.28. The highest BCUT2D eigenvalue weighted by molar-refractivity contribution is 6.30. The van der Waals surface area contributed by atoms with E-state index >= 15 is 0 Å². The Morgan fingerprint density at radius 1 is 0.804 bits per heavy atom. The van der Waals surface area contributed by atoms with Crippen molar-refractivity contribution in [2.75, 3.05) is 21.2 Å². The van der Waals surface area contributed by atoms with Crippen LogP contribution in [0.25, 0.3) is 16.5 Å². The summed E-state index contributed by atoms with van der Waals surface area (Å²) in [6, 6.07) is 25.1. The van der Waals surface area contributed by atoms with Gasteiger partial charge in [-0.1, -0.05) is 61.0 Å². The molecule has 4 aromatic carbocycles. The maximum atomic E-state index is 13.7. The minimum absolute atomic E-state index is 0. The van der Waals surface area contributed by atoms with E-state index in [2.05, 4.69) is 71.1 Å². The van der Waals surface area contributed by atoms with Crippen molar-refractivity contribution in [1.82, 2.24) is 15.6 Å². The zero-order valence-electron chi connectivity index (χ0n) is 26.2. The maximum absolute atomic E-state index is 13.7. The lowest BCUT2D eigenvalue weighted by atomic mass is 9.89. The van der Waals surface area contributed by atoms with Crippen LogP contribution in [-0.4, -0.2) is 26.2 Å². The third kappa shape index (κ3) is 5.66. The number of benzene rings is 4. The van der Waals surface area contributed by atoms with Gasteiger partial charge >= 0.3 is 0 Å². The summed E-state index contributed by atoms with van der Waals surface area (Å²) in [5, 5.41) is 8.65. The molecule has 4 atom stereocenters. The molecule has 238 valence electrons. The van der Waals surface area contributed by atoms with Crippen molar-refractivity contribution in [3.05, 3.63) is 140 Å². The van der Waals surface area contributed by atoms with E-state index in [0.29, 0.717) is 23.9 Å². The summed E-state index contributed by atoms with van der Waals surface area (Å²) < 4.78 is 19.1. The van der Waals surface area contributed by atoms with Gasteiger partial charge in [0.2, 0.25) is 0 Å². The summed E-state index contributed by atoms with van der Waals surface area (Å²) in [5.41, 5.74) is 13.1. The van der Waals surface area contributed by atoms with Gasteiger partial charge in [0.05, 0.1) is 7.11 Å². The molecular formula is C40H43ClFN3O. The van der Waals surface area contributed by atoms with Crippen molar-refractivity contribution in [1.29, 1.82) is 0 Å². The standard InChI is InChI=1S/C20H20ClNO.C19H19FN2.CH4/c1-22-20-11-18(16-8-5-13(21)9-19(16)20)15-7-4-12-3-6-14(23-2)10-17(12)15;1-11-3-5-13-14(7-11)15(9-19(13)21-2)17-10-22-18-6-4-12(20)8-16(17)18;/h3,5-10,18,20,22H,4,11H2,1-2H3;3-8,10,15,19,21-22H,9H2,1-2H3;1H4. The quantitative estimate of drug-likeness (QED) is 0.180. The van der Waals surface area contributed by atoms with Crippen LogP contribution in [0.2, 0.25) is 5.02 Å². The number of aryl methyl sites for hydroxylation is 1. The molecule has 5 aromatic rings. The average Bonchev–Trinajstić information content (AvgIpc) is 3.82. The Labute approximate surface area is 277 Å². The summed E-state index contributed by atoms with van der Waals surface area (Å²) in [6.45, 7) is 2.12. The normalized spacial score (nSPS) is 20.7. The van der Waals surface area contributed by atoms with Gasteiger partial charge in [0, 0.05) is 46.0 Å². The number of nitrogens with one attached hydrogen (secondary N) is 3. The Morgan fingerprint density at radius 3 is 2.35 bits per heavy atom. The van der Waals surface area contributed by atoms with Gasteiger partial charge in [-0.3, -0.25) is 0 Å². The van der Waals surface area contributed by atoms with Crippen LogP contribution in [0.1, 0.15) is 88.7 Å². The molecule has 0 spiro atoms. The van der Waals surface area contributed by atoms with E-state index in [-0.39, 0.29) is 13.2 Å². The molecule has 0 radical (unpaired) electrons.